The summed E-state index contributed by atoms with van der Waals surface area (Å²) < 4.78 is 39.3. The van der Waals surface area contributed by atoms with Crippen molar-refractivity contribution in [3.8, 4) is 5.75 Å². The summed E-state index contributed by atoms with van der Waals surface area (Å²) in [7, 11) is 3.63. The number of nitro benzene ring substituents is 1. The van der Waals surface area contributed by atoms with Gasteiger partial charge < -0.3 is 19.9 Å². The van der Waals surface area contributed by atoms with Crippen LogP contribution < -0.4 is 10.5 Å². The Labute approximate surface area is 164 Å². The number of carbonyl (C=O) groups excluding carboxylic acids is 2. The maximum Gasteiger partial charge on any atom is 0.340 e. The van der Waals surface area contributed by atoms with Crippen molar-refractivity contribution >= 4 is 23.3 Å². The molecule has 0 unspecified atom stereocenters. The van der Waals surface area contributed by atoms with Gasteiger partial charge in [0.25, 0.3) is 0 Å². The number of hydrogen-bond donors (Lipinski definition) is 1. The minimum absolute atomic E-state index is 0.0380. The third-order valence-electron chi connectivity index (χ3n) is 3.62. The minimum atomic E-state index is -0.934. The van der Waals surface area contributed by atoms with E-state index in [1.807, 2.05) is 0 Å². The molecule has 9 nitrogen and oxygen atoms in total. The van der Waals surface area contributed by atoms with Crippen molar-refractivity contribution in [3.63, 3.8) is 0 Å². The molecule has 0 aromatic heterocycles. The number of halogens is 2. The van der Waals surface area contributed by atoms with Gasteiger partial charge >= 0.3 is 17.6 Å². The van der Waals surface area contributed by atoms with Gasteiger partial charge in [0.05, 0.1) is 43.1 Å². The number of carbonyl (C=O) groups is 2. The largest absolute Gasteiger partial charge is 0.490 e. The van der Waals surface area contributed by atoms with Crippen molar-refractivity contribution in [2.45, 2.75) is 6.92 Å². The Hall–Kier alpha value is -3.76. The van der Waals surface area contributed by atoms with Crippen molar-refractivity contribution in [2.24, 2.45) is 0 Å². The fraction of sp³-hybridized carbons (Fsp3) is 0.222. The second kappa shape index (κ2) is 9.97. The number of methoxy groups -OCH3 is 3. The van der Waals surface area contributed by atoms with Crippen LogP contribution in [-0.4, -0.2) is 38.2 Å². The van der Waals surface area contributed by atoms with E-state index >= 15 is 0 Å². The lowest BCUT2D eigenvalue weighted by atomic mass is 10.1. The molecular weight excluding hydrogens is 394 g/mol. The first-order valence-corrected chi connectivity index (χ1v) is 7.81. The van der Waals surface area contributed by atoms with Crippen molar-refractivity contribution in [1.29, 1.82) is 0 Å². The van der Waals surface area contributed by atoms with E-state index in [0.717, 1.165) is 13.2 Å². The van der Waals surface area contributed by atoms with Crippen LogP contribution in [0.5, 0.6) is 5.75 Å². The molecule has 0 radical (unpaired) electrons. The first-order chi connectivity index (χ1) is 13.6. The lowest BCUT2D eigenvalue weighted by Gasteiger charge is -2.07. The zero-order chi connectivity index (χ0) is 22.3. The quantitative estimate of drug-likeness (QED) is 0.351. The lowest BCUT2D eigenvalue weighted by Crippen LogP contribution is -2.06. The van der Waals surface area contributed by atoms with Gasteiger partial charge in [-0.1, -0.05) is 0 Å². The van der Waals surface area contributed by atoms with Crippen LogP contribution in [0, 0.1) is 28.7 Å². The predicted octanol–water partition coefficient (Wildman–Crippen LogP) is 3.03. The number of nitrogens with zero attached hydrogens (tertiary/aromatic N) is 1. The van der Waals surface area contributed by atoms with Crippen LogP contribution in [0.2, 0.25) is 0 Å². The van der Waals surface area contributed by atoms with E-state index in [1.54, 1.807) is 6.92 Å². The summed E-state index contributed by atoms with van der Waals surface area (Å²) >= 11 is 0. The molecule has 29 heavy (non-hydrogen) atoms. The average Bonchev–Trinajstić information content (AvgIpc) is 2.69. The molecule has 156 valence electrons. The molecule has 2 rings (SSSR count). The highest BCUT2D eigenvalue weighted by atomic mass is 19.1. The van der Waals surface area contributed by atoms with E-state index in [1.165, 1.54) is 26.4 Å². The first-order valence-electron chi connectivity index (χ1n) is 7.81. The molecule has 0 saturated heterocycles. The van der Waals surface area contributed by atoms with Gasteiger partial charge in [-0.05, 0) is 18.6 Å². The standard InChI is InChI=1S/C10H11NO5.C8H7F2NO2/c1-6-4-8(11(13)14)9(15-2)5-7(6)10(12)16-3;1-13-8(12)4-2-6(10)7(11)3-5(4)9/h4-5H,1-3H3;2-3H,11H2,1H3. The first kappa shape index (κ1) is 23.3. The maximum atomic E-state index is 12.9. The molecule has 0 atom stereocenters. The van der Waals surface area contributed by atoms with Gasteiger partial charge in [-0.25, -0.2) is 18.4 Å². The van der Waals surface area contributed by atoms with Crippen molar-refractivity contribution < 1.29 is 37.5 Å². The summed E-state index contributed by atoms with van der Waals surface area (Å²) in [5.74, 6) is -3.19. The number of anilines is 1. The van der Waals surface area contributed by atoms with Crippen LogP contribution in [0.1, 0.15) is 26.3 Å². The molecule has 0 aliphatic heterocycles. The Morgan fingerprint density at radius 3 is 2.00 bits per heavy atom. The summed E-state index contributed by atoms with van der Waals surface area (Å²) in [5.41, 5.74) is 4.81. The Morgan fingerprint density at radius 2 is 1.52 bits per heavy atom. The van der Waals surface area contributed by atoms with Crippen molar-refractivity contribution in [1.82, 2.24) is 0 Å². The van der Waals surface area contributed by atoms with E-state index in [-0.39, 0.29) is 22.7 Å². The second-order valence-electron chi connectivity index (χ2n) is 5.43. The third-order valence-corrected chi connectivity index (χ3v) is 3.62. The molecule has 2 aromatic rings. The number of nitro groups is 1. The highest BCUT2D eigenvalue weighted by molar-refractivity contribution is 5.92. The number of hydrogen-bond acceptors (Lipinski definition) is 8. The highest BCUT2D eigenvalue weighted by Gasteiger charge is 2.20. The lowest BCUT2D eigenvalue weighted by molar-refractivity contribution is -0.385. The molecule has 2 aromatic carbocycles. The zero-order valence-corrected chi connectivity index (χ0v) is 15.9. The number of nitrogen functional groups attached to an aromatic ring is 1. The number of benzene rings is 2. The molecule has 0 aliphatic carbocycles. The predicted molar refractivity (Wildman–Crippen MR) is 97.8 cm³/mol. The molecule has 0 heterocycles. The minimum Gasteiger partial charge on any atom is -0.490 e. The van der Waals surface area contributed by atoms with E-state index < -0.39 is 34.1 Å². The molecular formula is C18H18F2N2O7. The van der Waals surface area contributed by atoms with Crippen LogP contribution >= 0.6 is 0 Å². The SMILES string of the molecule is COC(=O)c1cc(F)c(N)cc1F.COC(=O)c1cc(OC)c([N+](=O)[O-])cc1C. The normalized spacial score (nSPS) is 9.72. The molecule has 0 spiro atoms. The topological polar surface area (TPSA) is 131 Å². The van der Waals surface area contributed by atoms with Gasteiger partial charge in [-0.3, -0.25) is 10.1 Å². The summed E-state index contributed by atoms with van der Waals surface area (Å²) in [6.45, 7) is 1.60. The van der Waals surface area contributed by atoms with E-state index in [4.69, 9.17) is 10.5 Å². The van der Waals surface area contributed by atoms with Crippen LogP contribution in [-0.2, 0) is 9.47 Å². The molecule has 0 saturated carbocycles. The van der Waals surface area contributed by atoms with E-state index in [2.05, 4.69) is 9.47 Å². The number of nitrogens with two attached hydrogens (primary N) is 1. The molecule has 0 bridgehead atoms. The molecule has 0 amide bonds. The summed E-state index contributed by atoms with van der Waals surface area (Å²) in [6.07, 6.45) is 0. The fourth-order valence-electron chi connectivity index (χ4n) is 2.14. The number of esters is 2. The van der Waals surface area contributed by atoms with E-state index in [9.17, 15) is 28.5 Å². The molecule has 0 aliphatic rings. The van der Waals surface area contributed by atoms with Gasteiger partial charge in [0, 0.05) is 18.2 Å². The average molecular weight is 412 g/mol. The number of aryl methyl sites for hydroxylation is 1. The molecule has 2 N–H and O–H groups in total. The summed E-state index contributed by atoms with van der Waals surface area (Å²) in [4.78, 5) is 32.3. The van der Waals surface area contributed by atoms with Crippen LogP contribution in [0.25, 0.3) is 0 Å². The fourth-order valence-corrected chi connectivity index (χ4v) is 2.14. The van der Waals surface area contributed by atoms with Crippen molar-refractivity contribution in [2.75, 3.05) is 27.1 Å². The second-order valence-corrected chi connectivity index (χ2v) is 5.43. The third kappa shape index (κ3) is 5.61. The highest BCUT2D eigenvalue weighted by Crippen LogP contribution is 2.30. The Balaban J connectivity index is 0.000000296. The number of ether oxygens (including phenoxy) is 3. The number of rotatable bonds is 4. The zero-order valence-electron chi connectivity index (χ0n) is 15.9. The van der Waals surface area contributed by atoms with Crippen LogP contribution in [0.15, 0.2) is 24.3 Å². The van der Waals surface area contributed by atoms with Crippen molar-refractivity contribution in [3.05, 3.63) is 62.7 Å². The van der Waals surface area contributed by atoms with Gasteiger partial charge in [0.1, 0.15) is 11.6 Å². The summed E-state index contributed by atoms with van der Waals surface area (Å²) in [6, 6.07) is 4.03. The smallest absolute Gasteiger partial charge is 0.340 e. The monoisotopic (exact) mass is 412 g/mol. The van der Waals surface area contributed by atoms with Gasteiger partial charge in [-0.15, -0.1) is 0 Å². The van der Waals surface area contributed by atoms with Gasteiger partial charge in [-0.2, -0.15) is 0 Å². The Morgan fingerprint density at radius 1 is 0.966 bits per heavy atom. The van der Waals surface area contributed by atoms with Crippen LogP contribution in [0.4, 0.5) is 20.2 Å². The maximum absolute atomic E-state index is 12.9. The molecule has 11 heteroatoms. The summed E-state index contributed by atoms with van der Waals surface area (Å²) in [5, 5.41) is 10.7. The molecule has 0 fully saturated rings. The Kier molecular flexibility index (Phi) is 8.00. The van der Waals surface area contributed by atoms with Gasteiger partial charge in [0.15, 0.2) is 5.75 Å². The van der Waals surface area contributed by atoms with Crippen LogP contribution in [0.3, 0.4) is 0 Å². The van der Waals surface area contributed by atoms with Gasteiger partial charge in [0.2, 0.25) is 0 Å². The Bertz CT molecular complexity index is 948. The van der Waals surface area contributed by atoms with E-state index in [0.29, 0.717) is 11.6 Å².